The van der Waals surface area contributed by atoms with E-state index in [4.69, 9.17) is 17.0 Å². The van der Waals surface area contributed by atoms with E-state index in [1.54, 1.807) is 12.3 Å². The molecule has 4 nitrogen and oxygen atoms in total. The molecule has 0 fully saturated rings. The lowest BCUT2D eigenvalue weighted by molar-refractivity contribution is 0.482. The fourth-order valence-corrected chi connectivity index (χ4v) is 1.79. The summed E-state index contributed by atoms with van der Waals surface area (Å²) >= 11 is 5.04. The van der Waals surface area contributed by atoms with Crippen LogP contribution in [-0.2, 0) is 0 Å². The molecule has 0 radical (unpaired) electrons. The number of nitrogens with one attached hydrogen (secondary N) is 2. The lowest BCUT2D eigenvalue weighted by Gasteiger charge is -2.06. The molecule has 0 saturated carbocycles. The Labute approximate surface area is 135 Å². The molecule has 2 rings (SSSR count). The number of ether oxygens (including phenoxy) is 1. The molecule has 0 amide bonds. The smallest absolute Gasteiger partial charge is 0.187 e. The van der Waals surface area contributed by atoms with Gasteiger partial charge >= 0.3 is 0 Å². The van der Waals surface area contributed by atoms with E-state index in [1.165, 1.54) is 0 Å². The zero-order valence-corrected chi connectivity index (χ0v) is 12.8. The van der Waals surface area contributed by atoms with Crippen LogP contribution in [-0.4, -0.2) is 17.9 Å². The number of hydrogen-bond donors (Lipinski definition) is 2. The van der Waals surface area contributed by atoms with E-state index in [9.17, 15) is 0 Å². The molecule has 5 heteroatoms. The van der Waals surface area contributed by atoms with E-state index in [-0.39, 0.29) is 0 Å². The molecule has 0 atom stereocenters. The minimum atomic E-state index is 0.452. The first-order valence-electron chi connectivity index (χ1n) is 6.78. The minimum absolute atomic E-state index is 0.452. The first-order chi connectivity index (χ1) is 10.8. The van der Waals surface area contributed by atoms with Crippen molar-refractivity contribution in [2.45, 2.75) is 0 Å². The van der Waals surface area contributed by atoms with Gasteiger partial charge in [-0.15, -0.1) is 6.58 Å². The topological polar surface area (TPSA) is 45.7 Å². The Balaban J connectivity index is 1.93. The van der Waals surface area contributed by atoms with Crippen molar-refractivity contribution in [2.24, 2.45) is 5.10 Å². The maximum Gasteiger partial charge on any atom is 0.187 e. The zero-order valence-electron chi connectivity index (χ0n) is 12.0. The second-order valence-electron chi connectivity index (χ2n) is 4.36. The molecule has 0 aliphatic carbocycles. The van der Waals surface area contributed by atoms with Gasteiger partial charge in [-0.1, -0.05) is 36.4 Å². The predicted molar refractivity (Wildman–Crippen MR) is 94.5 cm³/mol. The summed E-state index contributed by atoms with van der Waals surface area (Å²) in [5, 5.41) is 7.45. The average molecular weight is 311 g/mol. The Hall–Kier alpha value is -2.66. The molecule has 2 aromatic rings. The monoisotopic (exact) mass is 311 g/mol. The van der Waals surface area contributed by atoms with Crippen LogP contribution in [0.3, 0.4) is 0 Å². The number of benzene rings is 2. The van der Waals surface area contributed by atoms with Crippen LogP contribution in [0.1, 0.15) is 5.56 Å². The number of thiocarbonyl (C=S) groups is 1. The van der Waals surface area contributed by atoms with Crippen LogP contribution < -0.4 is 15.5 Å². The second kappa shape index (κ2) is 8.59. The van der Waals surface area contributed by atoms with Crippen LogP contribution in [0.4, 0.5) is 0 Å². The third-order valence-electron chi connectivity index (χ3n) is 2.62. The summed E-state index contributed by atoms with van der Waals surface area (Å²) in [5.74, 6) is 1.55. The summed E-state index contributed by atoms with van der Waals surface area (Å²) in [5.41, 5.74) is 3.65. The van der Waals surface area contributed by atoms with E-state index < -0.39 is 0 Å². The molecule has 0 spiro atoms. The van der Waals surface area contributed by atoms with E-state index in [0.717, 1.165) is 17.1 Å². The van der Waals surface area contributed by atoms with Gasteiger partial charge in [0.15, 0.2) is 5.11 Å². The van der Waals surface area contributed by atoms with Gasteiger partial charge in [-0.2, -0.15) is 5.10 Å². The number of hydrazone groups is 1. The van der Waals surface area contributed by atoms with Gasteiger partial charge in [-0.25, -0.2) is 0 Å². The summed E-state index contributed by atoms with van der Waals surface area (Å²) < 4.78 is 5.77. The van der Waals surface area contributed by atoms with Crippen molar-refractivity contribution < 1.29 is 4.74 Å². The summed E-state index contributed by atoms with van der Waals surface area (Å²) in [6.07, 6.45) is 3.40. The van der Waals surface area contributed by atoms with Crippen LogP contribution in [0.5, 0.6) is 11.5 Å². The zero-order chi connectivity index (χ0) is 15.6. The van der Waals surface area contributed by atoms with Gasteiger partial charge < -0.3 is 10.1 Å². The van der Waals surface area contributed by atoms with E-state index in [0.29, 0.717) is 11.7 Å². The van der Waals surface area contributed by atoms with Crippen LogP contribution in [0.15, 0.2) is 72.4 Å². The van der Waals surface area contributed by atoms with Gasteiger partial charge in [0, 0.05) is 6.54 Å². The summed E-state index contributed by atoms with van der Waals surface area (Å²) in [4.78, 5) is 0. The van der Waals surface area contributed by atoms with Crippen molar-refractivity contribution in [3.8, 4) is 11.5 Å². The lowest BCUT2D eigenvalue weighted by atomic mass is 10.2. The molecular weight excluding hydrogens is 294 g/mol. The number of hydrogen-bond acceptors (Lipinski definition) is 3. The summed E-state index contributed by atoms with van der Waals surface area (Å²) in [6, 6.07) is 17.3. The molecule has 0 aromatic heterocycles. The molecule has 0 aliphatic rings. The molecule has 0 heterocycles. The SMILES string of the molecule is C=CCNC(=S)N/N=C/c1cccc(Oc2ccccc2)c1. The Morgan fingerprint density at radius 1 is 1.14 bits per heavy atom. The quantitative estimate of drug-likeness (QED) is 0.371. The summed E-state index contributed by atoms with van der Waals surface area (Å²) in [7, 11) is 0. The van der Waals surface area contributed by atoms with Gasteiger partial charge in [-0.05, 0) is 42.0 Å². The highest BCUT2D eigenvalue weighted by molar-refractivity contribution is 7.80. The van der Waals surface area contributed by atoms with Crippen molar-refractivity contribution >= 4 is 23.5 Å². The molecule has 0 saturated heterocycles. The van der Waals surface area contributed by atoms with E-state index in [1.807, 2.05) is 54.6 Å². The molecule has 2 N–H and O–H groups in total. The Bertz CT molecular complexity index is 656. The Morgan fingerprint density at radius 2 is 1.91 bits per heavy atom. The number of para-hydroxylation sites is 1. The van der Waals surface area contributed by atoms with Crippen molar-refractivity contribution in [1.82, 2.24) is 10.7 Å². The molecule has 0 unspecified atom stereocenters. The average Bonchev–Trinajstić information content (AvgIpc) is 2.54. The van der Waals surface area contributed by atoms with Gasteiger partial charge in [0.1, 0.15) is 11.5 Å². The first-order valence-corrected chi connectivity index (χ1v) is 7.19. The minimum Gasteiger partial charge on any atom is -0.457 e. The molecule has 112 valence electrons. The third-order valence-corrected chi connectivity index (χ3v) is 2.86. The van der Waals surface area contributed by atoms with Crippen LogP contribution >= 0.6 is 12.2 Å². The molecule has 2 aromatic carbocycles. The second-order valence-corrected chi connectivity index (χ2v) is 4.76. The van der Waals surface area contributed by atoms with E-state index >= 15 is 0 Å². The maximum absolute atomic E-state index is 5.77. The number of rotatable bonds is 6. The third kappa shape index (κ3) is 5.38. The Morgan fingerprint density at radius 3 is 2.68 bits per heavy atom. The van der Waals surface area contributed by atoms with Crippen molar-refractivity contribution in [3.63, 3.8) is 0 Å². The number of nitrogens with zero attached hydrogens (tertiary/aromatic N) is 1. The highest BCUT2D eigenvalue weighted by Gasteiger charge is 1.97. The van der Waals surface area contributed by atoms with Crippen LogP contribution in [0.2, 0.25) is 0 Å². The van der Waals surface area contributed by atoms with Gasteiger partial charge in [0.05, 0.1) is 6.21 Å². The van der Waals surface area contributed by atoms with Crippen molar-refractivity contribution in [1.29, 1.82) is 0 Å². The highest BCUT2D eigenvalue weighted by atomic mass is 32.1. The van der Waals surface area contributed by atoms with Crippen LogP contribution in [0.25, 0.3) is 0 Å². The van der Waals surface area contributed by atoms with Crippen molar-refractivity contribution in [3.05, 3.63) is 72.8 Å². The normalized spacial score (nSPS) is 10.2. The fraction of sp³-hybridized carbons (Fsp3) is 0.0588. The fourth-order valence-electron chi connectivity index (χ4n) is 1.65. The molecule has 0 bridgehead atoms. The maximum atomic E-state index is 5.77. The van der Waals surface area contributed by atoms with E-state index in [2.05, 4.69) is 22.4 Å². The highest BCUT2D eigenvalue weighted by Crippen LogP contribution is 2.21. The largest absolute Gasteiger partial charge is 0.457 e. The summed E-state index contributed by atoms with van der Waals surface area (Å²) in [6.45, 7) is 4.20. The molecule has 22 heavy (non-hydrogen) atoms. The first kappa shape index (κ1) is 15.7. The molecule has 0 aliphatic heterocycles. The molecular formula is C17H17N3OS. The standard InChI is InChI=1S/C17H17N3OS/c1-2-11-18-17(22)20-19-13-14-7-6-10-16(12-14)21-15-8-4-3-5-9-15/h2-10,12-13H,1,11H2,(H2,18,20,22)/b19-13+. The van der Waals surface area contributed by atoms with Gasteiger partial charge in [0.25, 0.3) is 0 Å². The van der Waals surface area contributed by atoms with Gasteiger partial charge in [0.2, 0.25) is 0 Å². The van der Waals surface area contributed by atoms with Crippen LogP contribution in [0, 0.1) is 0 Å². The Kier molecular flexibility index (Phi) is 6.14. The van der Waals surface area contributed by atoms with Gasteiger partial charge in [-0.3, -0.25) is 5.43 Å². The lowest BCUT2D eigenvalue weighted by Crippen LogP contribution is -2.31. The predicted octanol–water partition coefficient (Wildman–Crippen LogP) is 3.46. The van der Waals surface area contributed by atoms with Crippen molar-refractivity contribution in [2.75, 3.05) is 6.54 Å².